The largest absolute Gasteiger partial charge is 0.497 e. The Hall–Kier alpha value is -2.62. The van der Waals surface area contributed by atoms with Gasteiger partial charge in [0.25, 0.3) is 0 Å². The Morgan fingerprint density at radius 2 is 1.60 bits per heavy atom. The Labute approximate surface area is 116 Å². The fraction of sp³-hybridized carbons (Fsp3) is 0.125. The number of benzene rings is 2. The molecule has 2 aromatic carbocycles. The Morgan fingerprint density at radius 3 is 2.20 bits per heavy atom. The monoisotopic (exact) mass is 270 g/mol. The van der Waals surface area contributed by atoms with E-state index < -0.39 is 5.97 Å². The Bertz CT molecular complexity index is 629. The van der Waals surface area contributed by atoms with Crippen LogP contribution < -0.4 is 9.47 Å². The first kappa shape index (κ1) is 13.8. The van der Waals surface area contributed by atoms with Gasteiger partial charge in [-0.15, -0.1) is 0 Å². The van der Waals surface area contributed by atoms with Crippen LogP contribution in [0.1, 0.15) is 22.8 Å². The summed E-state index contributed by atoms with van der Waals surface area (Å²) < 4.78 is 10.1. The van der Waals surface area contributed by atoms with Gasteiger partial charge < -0.3 is 9.47 Å². The molecule has 0 spiro atoms. The van der Waals surface area contributed by atoms with Crippen molar-refractivity contribution in [3.05, 3.63) is 59.7 Å². The molecule has 0 aliphatic carbocycles. The van der Waals surface area contributed by atoms with Crippen LogP contribution >= 0.6 is 0 Å². The third kappa shape index (κ3) is 3.03. The van der Waals surface area contributed by atoms with Crippen molar-refractivity contribution in [1.82, 2.24) is 0 Å². The molecule has 102 valence electrons. The van der Waals surface area contributed by atoms with Crippen molar-refractivity contribution in [3.63, 3.8) is 0 Å². The lowest BCUT2D eigenvalue weighted by Gasteiger charge is -2.08. The van der Waals surface area contributed by atoms with Gasteiger partial charge in [-0.05, 0) is 36.4 Å². The Morgan fingerprint density at radius 1 is 0.950 bits per heavy atom. The van der Waals surface area contributed by atoms with Gasteiger partial charge in [-0.1, -0.05) is 12.1 Å². The SMILES string of the molecule is COc1ccc(C(=O)c2ccccc2OC(C)=O)cc1. The van der Waals surface area contributed by atoms with Gasteiger partial charge in [0.2, 0.25) is 0 Å². The van der Waals surface area contributed by atoms with Crippen LogP contribution in [0.15, 0.2) is 48.5 Å². The summed E-state index contributed by atoms with van der Waals surface area (Å²) in [6.07, 6.45) is 0. The van der Waals surface area contributed by atoms with Gasteiger partial charge >= 0.3 is 5.97 Å². The van der Waals surface area contributed by atoms with Gasteiger partial charge in [-0.2, -0.15) is 0 Å². The topological polar surface area (TPSA) is 52.6 Å². The van der Waals surface area contributed by atoms with E-state index >= 15 is 0 Å². The normalized spacial score (nSPS) is 9.90. The highest BCUT2D eigenvalue weighted by Gasteiger charge is 2.15. The minimum absolute atomic E-state index is 0.204. The standard InChI is InChI=1S/C16H14O4/c1-11(17)20-15-6-4-3-5-14(15)16(18)12-7-9-13(19-2)10-8-12/h3-10H,1-2H3. The lowest BCUT2D eigenvalue weighted by molar-refractivity contribution is -0.131. The van der Waals surface area contributed by atoms with Gasteiger partial charge in [-0.25, -0.2) is 0 Å². The van der Waals surface area contributed by atoms with Crippen LogP contribution in [0.5, 0.6) is 11.5 Å². The van der Waals surface area contributed by atoms with Gasteiger partial charge in [0.15, 0.2) is 5.78 Å². The third-order valence-corrected chi connectivity index (χ3v) is 2.74. The van der Waals surface area contributed by atoms with E-state index in [1.165, 1.54) is 6.92 Å². The fourth-order valence-corrected chi connectivity index (χ4v) is 1.80. The summed E-state index contributed by atoms with van der Waals surface area (Å²) in [7, 11) is 1.56. The van der Waals surface area contributed by atoms with E-state index in [2.05, 4.69) is 0 Å². The second kappa shape index (κ2) is 6.02. The molecule has 0 saturated heterocycles. The van der Waals surface area contributed by atoms with Crippen LogP contribution in [0.3, 0.4) is 0 Å². The summed E-state index contributed by atoms with van der Waals surface area (Å²) in [5.41, 5.74) is 0.860. The molecule has 4 heteroatoms. The molecule has 20 heavy (non-hydrogen) atoms. The predicted octanol–water partition coefficient (Wildman–Crippen LogP) is 2.85. The van der Waals surface area contributed by atoms with E-state index in [1.54, 1.807) is 55.6 Å². The summed E-state index contributed by atoms with van der Waals surface area (Å²) in [5, 5.41) is 0. The number of carbonyl (C=O) groups is 2. The molecule has 0 heterocycles. The maximum atomic E-state index is 12.4. The van der Waals surface area contributed by atoms with Crippen molar-refractivity contribution in [2.24, 2.45) is 0 Å². The molecule has 0 aromatic heterocycles. The Balaban J connectivity index is 2.34. The van der Waals surface area contributed by atoms with E-state index in [4.69, 9.17) is 9.47 Å². The zero-order chi connectivity index (χ0) is 14.5. The third-order valence-electron chi connectivity index (χ3n) is 2.74. The highest BCUT2D eigenvalue weighted by molar-refractivity contribution is 6.11. The van der Waals surface area contributed by atoms with Crippen molar-refractivity contribution >= 4 is 11.8 Å². The van der Waals surface area contributed by atoms with Crippen LogP contribution in [0.25, 0.3) is 0 Å². The molecule has 0 fully saturated rings. The van der Waals surface area contributed by atoms with E-state index in [-0.39, 0.29) is 11.5 Å². The highest BCUT2D eigenvalue weighted by atomic mass is 16.5. The highest BCUT2D eigenvalue weighted by Crippen LogP contribution is 2.22. The number of carbonyl (C=O) groups excluding carboxylic acids is 2. The lowest BCUT2D eigenvalue weighted by atomic mass is 10.0. The molecular weight excluding hydrogens is 256 g/mol. The minimum atomic E-state index is -0.458. The van der Waals surface area contributed by atoms with E-state index in [1.807, 2.05) is 0 Å². The van der Waals surface area contributed by atoms with E-state index in [9.17, 15) is 9.59 Å². The van der Waals surface area contributed by atoms with Crippen LogP contribution in [0, 0.1) is 0 Å². The molecule has 2 rings (SSSR count). The molecule has 4 nitrogen and oxygen atoms in total. The average Bonchev–Trinajstić information content (AvgIpc) is 2.46. The summed E-state index contributed by atoms with van der Waals surface area (Å²) in [6.45, 7) is 1.30. The molecule has 0 unspecified atom stereocenters. The van der Waals surface area contributed by atoms with Crippen molar-refractivity contribution in [2.45, 2.75) is 6.92 Å². The molecule has 0 radical (unpaired) electrons. The smallest absolute Gasteiger partial charge is 0.308 e. The average molecular weight is 270 g/mol. The summed E-state index contributed by atoms with van der Waals surface area (Å²) >= 11 is 0. The summed E-state index contributed by atoms with van der Waals surface area (Å²) in [4.78, 5) is 23.5. The van der Waals surface area contributed by atoms with Gasteiger partial charge in [-0.3, -0.25) is 9.59 Å². The second-order valence-corrected chi connectivity index (χ2v) is 4.15. The van der Waals surface area contributed by atoms with Crippen LogP contribution in [-0.4, -0.2) is 18.9 Å². The fourth-order valence-electron chi connectivity index (χ4n) is 1.80. The number of ether oxygens (including phenoxy) is 2. The zero-order valence-electron chi connectivity index (χ0n) is 11.3. The quantitative estimate of drug-likeness (QED) is 0.487. The van der Waals surface area contributed by atoms with Crippen LogP contribution in [0.2, 0.25) is 0 Å². The Kier molecular flexibility index (Phi) is 4.15. The molecule has 0 saturated carbocycles. The summed E-state index contributed by atoms with van der Waals surface area (Å²) in [6, 6.07) is 13.4. The number of hydrogen-bond acceptors (Lipinski definition) is 4. The van der Waals surface area contributed by atoms with Gasteiger partial charge in [0.05, 0.1) is 12.7 Å². The number of ketones is 1. The van der Waals surface area contributed by atoms with E-state index in [0.717, 1.165) is 0 Å². The molecule has 0 N–H and O–H groups in total. The first-order chi connectivity index (χ1) is 9.61. The molecular formula is C16H14O4. The zero-order valence-corrected chi connectivity index (χ0v) is 11.3. The first-order valence-corrected chi connectivity index (χ1v) is 6.08. The number of esters is 1. The van der Waals surface area contributed by atoms with E-state index in [0.29, 0.717) is 16.9 Å². The molecule has 0 aliphatic rings. The number of hydrogen-bond donors (Lipinski definition) is 0. The molecule has 0 atom stereocenters. The van der Waals surface area contributed by atoms with Gasteiger partial charge in [0, 0.05) is 12.5 Å². The lowest BCUT2D eigenvalue weighted by Crippen LogP contribution is -2.08. The second-order valence-electron chi connectivity index (χ2n) is 4.15. The summed E-state index contributed by atoms with van der Waals surface area (Å²) in [5.74, 6) is 0.278. The molecule has 0 amide bonds. The van der Waals surface area contributed by atoms with Crippen LogP contribution in [-0.2, 0) is 4.79 Å². The van der Waals surface area contributed by atoms with Crippen molar-refractivity contribution < 1.29 is 19.1 Å². The molecule has 0 aliphatic heterocycles. The van der Waals surface area contributed by atoms with Crippen molar-refractivity contribution in [3.8, 4) is 11.5 Å². The maximum absolute atomic E-state index is 12.4. The number of methoxy groups -OCH3 is 1. The number of rotatable bonds is 4. The van der Waals surface area contributed by atoms with Crippen molar-refractivity contribution in [2.75, 3.05) is 7.11 Å². The predicted molar refractivity (Wildman–Crippen MR) is 74.2 cm³/mol. The maximum Gasteiger partial charge on any atom is 0.308 e. The van der Waals surface area contributed by atoms with Crippen molar-refractivity contribution in [1.29, 1.82) is 0 Å². The number of para-hydroxylation sites is 1. The molecule has 2 aromatic rings. The van der Waals surface area contributed by atoms with Gasteiger partial charge in [0.1, 0.15) is 11.5 Å². The first-order valence-electron chi connectivity index (χ1n) is 6.08. The minimum Gasteiger partial charge on any atom is -0.497 e. The molecule has 0 bridgehead atoms. The van der Waals surface area contributed by atoms with Crippen LogP contribution in [0.4, 0.5) is 0 Å².